The molecule has 0 aromatic heterocycles. The van der Waals surface area contributed by atoms with E-state index in [2.05, 4.69) is 16.0 Å². The quantitative estimate of drug-likeness (QED) is 0.716. The molecule has 1 heterocycles. The van der Waals surface area contributed by atoms with Gasteiger partial charge < -0.3 is 16.0 Å². The van der Waals surface area contributed by atoms with Gasteiger partial charge in [-0.15, -0.1) is 12.4 Å². The number of hydrogen-bond donors (Lipinski definition) is 3. The molecule has 1 aliphatic rings. The number of nitrogens with one attached hydrogen (secondary N) is 3. The van der Waals surface area contributed by atoms with Gasteiger partial charge >= 0.3 is 0 Å². The Labute approximate surface area is 154 Å². The first-order valence-corrected chi connectivity index (χ1v) is 8.42. The third-order valence-electron chi connectivity index (χ3n) is 4.03. The fraction of sp³-hybridized carbons (Fsp3) is 0.529. The van der Waals surface area contributed by atoms with Crippen LogP contribution in [0.5, 0.6) is 0 Å². The molecule has 2 unspecified atom stereocenters. The zero-order valence-electron chi connectivity index (χ0n) is 14.0. The van der Waals surface area contributed by atoms with Crippen molar-refractivity contribution >= 4 is 35.8 Å². The number of hydrogen-bond acceptors (Lipinski definition) is 3. The van der Waals surface area contributed by atoms with E-state index >= 15 is 0 Å². The molecule has 0 saturated carbocycles. The number of rotatable bonds is 6. The van der Waals surface area contributed by atoms with Crippen LogP contribution < -0.4 is 16.0 Å². The number of amides is 2. The highest BCUT2D eigenvalue weighted by Gasteiger charge is 2.25. The van der Waals surface area contributed by atoms with Crippen LogP contribution in [0, 0.1) is 5.92 Å². The average Bonchev–Trinajstić information content (AvgIpc) is 3.03. The van der Waals surface area contributed by atoms with Crippen molar-refractivity contribution in [1.29, 1.82) is 0 Å². The standard InChI is InChI=1S/C17H24ClN3O2.ClH/c1-11(2)15(17(23)20-10-14-4-3-9-19-14)21-16(22)12-5-7-13(18)8-6-12;/h5-8,11,14-15,19H,3-4,9-10H2,1-2H3,(H,20,23)(H,21,22);1H. The van der Waals surface area contributed by atoms with Gasteiger partial charge in [0.05, 0.1) is 0 Å². The second-order valence-electron chi connectivity index (χ2n) is 6.24. The molecule has 0 bridgehead atoms. The molecule has 5 nitrogen and oxygen atoms in total. The molecular weight excluding hydrogens is 349 g/mol. The van der Waals surface area contributed by atoms with Crippen molar-refractivity contribution < 1.29 is 9.59 Å². The van der Waals surface area contributed by atoms with Crippen LogP contribution in [0.15, 0.2) is 24.3 Å². The van der Waals surface area contributed by atoms with Gasteiger partial charge in [-0.05, 0) is 49.6 Å². The third kappa shape index (κ3) is 5.96. The molecule has 0 spiro atoms. The molecule has 1 saturated heterocycles. The molecule has 2 amide bonds. The first kappa shape index (κ1) is 20.7. The fourth-order valence-corrected chi connectivity index (χ4v) is 2.75. The Balaban J connectivity index is 0.00000288. The molecule has 1 aromatic carbocycles. The van der Waals surface area contributed by atoms with Gasteiger partial charge in [0.1, 0.15) is 6.04 Å². The lowest BCUT2D eigenvalue weighted by atomic mass is 10.0. The minimum absolute atomic E-state index is 0. The molecule has 3 N–H and O–H groups in total. The highest BCUT2D eigenvalue weighted by atomic mass is 35.5. The van der Waals surface area contributed by atoms with Gasteiger partial charge in [-0.25, -0.2) is 0 Å². The van der Waals surface area contributed by atoms with Crippen LogP contribution in [0.4, 0.5) is 0 Å². The number of carbonyl (C=O) groups excluding carboxylic acids is 2. The maximum Gasteiger partial charge on any atom is 0.251 e. The van der Waals surface area contributed by atoms with Gasteiger partial charge in [0.25, 0.3) is 5.91 Å². The number of benzene rings is 1. The first-order valence-electron chi connectivity index (χ1n) is 8.05. The lowest BCUT2D eigenvalue weighted by Crippen LogP contribution is -2.51. The largest absolute Gasteiger partial charge is 0.353 e. The van der Waals surface area contributed by atoms with E-state index in [1.165, 1.54) is 0 Å². The van der Waals surface area contributed by atoms with Gasteiger partial charge in [0, 0.05) is 23.2 Å². The molecule has 2 atom stereocenters. The molecule has 1 aliphatic heterocycles. The maximum atomic E-state index is 12.4. The zero-order valence-corrected chi connectivity index (χ0v) is 15.5. The van der Waals surface area contributed by atoms with Crippen LogP contribution in [0.25, 0.3) is 0 Å². The molecule has 1 aromatic rings. The Morgan fingerprint density at radius 3 is 2.50 bits per heavy atom. The minimum atomic E-state index is -0.556. The molecule has 0 aliphatic carbocycles. The van der Waals surface area contributed by atoms with Crippen molar-refractivity contribution in [2.45, 2.75) is 38.8 Å². The summed E-state index contributed by atoms with van der Waals surface area (Å²) in [6, 6.07) is 6.39. The summed E-state index contributed by atoms with van der Waals surface area (Å²) >= 11 is 5.82. The van der Waals surface area contributed by atoms with E-state index in [1.807, 2.05) is 13.8 Å². The lowest BCUT2D eigenvalue weighted by Gasteiger charge is -2.23. The van der Waals surface area contributed by atoms with Gasteiger partial charge in [-0.2, -0.15) is 0 Å². The molecule has 1 fully saturated rings. The van der Waals surface area contributed by atoms with E-state index in [0.29, 0.717) is 23.2 Å². The predicted octanol–water partition coefficient (Wildman–Crippen LogP) is 2.38. The van der Waals surface area contributed by atoms with Crippen molar-refractivity contribution in [3.05, 3.63) is 34.9 Å². The van der Waals surface area contributed by atoms with Crippen molar-refractivity contribution in [1.82, 2.24) is 16.0 Å². The predicted molar refractivity (Wildman–Crippen MR) is 98.8 cm³/mol. The van der Waals surface area contributed by atoms with Gasteiger partial charge in [0.2, 0.25) is 5.91 Å². The summed E-state index contributed by atoms with van der Waals surface area (Å²) in [6.45, 7) is 5.43. The summed E-state index contributed by atoms with van der Waals surface area (Å²) in [4.78, 5) is 24.7. The third-order valence-corrected chi connectivity index (χ3v) is 4.28. The highest BCUT2D eigenvalue weighted by Crippen LogP contribution is 2.11. The average molecular weight is 374 g/mol. The summed E-state index contributed by atoms with van der Waals surface area (Å²) in [5, 5.41) is 9.66. The Kier molecular flexibility index (Phi) is 8.53. The highest BCUT2D eigenvalue weighted by molar-refractivity contribution is 6.30. The van der Waals surface area contributed by atoms with Crippen LogP contribution >= 0.6 is 24.0 Å². The minimum Gasteiger partial charge on any atom is -0.353 e. The normalized spacial score (nSPS) is 17.9. The van der Waals surface area contributed by atoms with E-state index in [0.717, 1.165) is 19.4 Å². The summed E-state index contributed by atoms with van der Waals surface area (Å²) < 4.78 is 0. The monoisotopic (exact) mass is 373 g/mol. The Bertz CT molecular complexity index is 543. The van der Waals surface area contributed by atoms with E-state index in [-0.39, 0.29) is 30.1 Å². The first-order chi connectivity index (χ1) is 11.0. The maximum absolute atomic E-state index is 12.4. The molecular formula is C17H25Cl2N3O2. The van der Waals surface area contributed by atoms with E-state index in [4.69, 9.17) is 11.6 Å². The summed E-state index contributed by atoms with van der Waals surface area (Å²) in [7, 11) is 0. The van der Waals surface area contributed by atoms with Crippen LogP contribution in [-0.2, 0) is 4.79 Å². The summed E-state index contributed by atoms with van der Waals surface area (Å²) in [6.07, 6.45) is 2.21. The summed E-state index contributed by atoms with van der Waals surface area (Å²) in [5.41, 5.74) is 0.491. The zero-order chi connectivity index (χ0) is 16.8. The molecule has 0 radical (unpaired) electrons. The van der Waals surface area contributed by atoms with Crippen molar-refractivity contribution in [3.8, 4) is 0 Å². The van der Waals surface area contributed by atoms with Gasteiger partial charge in [-0.3, -0.25) is 9.59 Å². The van der Waals surface area contributed by atoms with E-state index in [9.17, 15) is 9.59 Å². The fourth-order valence-electron chi connectivity index (χ4n) is 2.63. The molecule has 2 rings (SSSR count). The van der Waals surface area contributed by atoms with E-state index in [1.54, 1.807) is 24.3 Å². The second kappa shape index (κ2) is 9.87. The van der Waals surface area contributed by atoms with Crippen LogP contribution in [-0.4, -0.2) is 37.0 Å². The number of carbonyl (C=O) groups is 2. The smallest absolute Gasteiger partial charge is 0.251 e. The molecule has 134 valence electrons. The topological polar surface area (TPSA) is 70.2 Å². The van der Waals surface area contributed by atoms with Crippen molar-refractivity contribution in [3.63, 3.8) is 0 Å². The van der Waals surface area contributed by atoms with Crippen molar-refractivity contribution in [2.75, 3.05) is 13.1 Å². The number of halogens is 2. The lowest BCUT2D eigenvalue weighted by molar-refractivity contribution is -0.124. The molecule has 24 heavy (non-hydrogen) atoms. The van der Waals surface area contributed by atoms with Gasteiger partial charge in [0.15, 0.2) is 0 Å². The van der Waals surface area contributed by atoms with Crippen LogP contribution in [0.1, 0.15) is 37.0 Å². The Morgan fingerprint density at radius 1 is 1.29 bits per heavy atom. The van der Waals surface area contributed by atoms with E-state index < -0.39 is 6.04 Å². The Hall–Kier alpha value is -1.30. The van der Waals surface area contributed by atoms with Crippen LogP contribution in [0.3, 0.4) is 0 Å². The SMILES string of the molecule is CC(C)C(NC(=O)c1ccc(Cl)cc1)C(=O)NCC1CCCN1.Cl. The van der Waals surface area contributed by atoms with Crippen LogP contribution in [0.2, 0.25) is 5.02 Å². The van der Waals surface area contributed by atoms with Crippen molar-refractivity contribution in [2.24, 2.45) is 5.92 Å². The van der Waals surface area contributed by atoms with Gasteiger partial charge in [-0.1, -0.05) is 25.4 Å². The molecule has 7 heteroatoms. The Morgan fingerprint density at radius 2 is 1.96 bits per heavy atom. The summed E-state index contributed by atoms with van der Waals surface area (Å²) in [5.74, 6) is -0.409. The second-order valence-corrected chi connectivity index (χ2v) is 6.68.